The van der Waals surface area contributed by atoms with Crippen molar-refractivity contribution in [1.29, 1.82) is 0 Å². The van der Waals surface area contributed by atoms with E-state index in [4.69, 9.17) is 13.6 Å². The van der Waals surface area contributed by atoms with E-state index in [-0.39, 0.29) is 28.1 Å². The minimum absolute atomic E-state index is 0.142. The molecule has 0 saturated carbocycles. The predicted molar refractivity (Wildman–Crippen MR) is 188 cm³/mol. The molecule has 0 aromatic heterocycles. The van der Waals surface area contributed by atoms with Crippen LogP contribution in [0.2, 0.25) is 0 Å². The Morgan fingerprint density at radius 3 is 1.38 bits per heavy atom. The van der Waals surface area contributed by atoms with Gasteiger partial charge in [-0.3, -0.25) is 4.79 Å². The van der Waals surface area contributed by atoms with E-state index in [2.05, 4.69) is 95.2 Å². The van der Waals surface area contributed by atoms with Crippen molar-refractivity contribution in [2.24, 2.45) is 0 Å². The summed E-state index contributed by atoms with van der Waals surface area (Å²) in [7, 11) is -2.14. The van der Waals surface area contributed by atoms with Gasteiger partial charge in [0, 0.05) is 17.5 Å². The highest BCUT2D eigenvalue weighted by atomic mass is 31.2. The number of hydrogen-bond acceptors (Lipinski definition) is 5. The van der Waals surface area contributed by atoms with Crippen molar-refractivity contribution in [2.45, 2.75) is 131 Å². The molecule has 0 bridgehead atoms. The van der Waals surface area contributed by atoms with E-state index in [1.54, 1.807) is 0 Å². The van der Waals surface area contributed by atoms with Gasteiger partial charge in [0.15, 0.2) is 0 Å². The lowest BCUT2D eigenvalue weighted by Gasteiger charge is -2.28. The van der Waals surface area contributed by atoms with E-state index in [0.717, 1.165) is 38.9 Å². The Morgan fingerprint density at radius 2 is 1.02 bits per heavy atom. The Hall–Kier alpha value is -3.04. The van der Waals surface area contributed by atoms with Crippen LogP contribution in [-0.4, -0.2) is 11.1 Å². The van der Waals surface area contributed by atoms with Crippen LogP contribution < -0.4 is 9.05 Å². The maximum Gasteiger partial charge on any atom is 0.532 e. The minimum Gasteiger partial charge on any atom is -0.507 e. The summed E-state index contributed by atoms with van der Waals surface area (Å²) in [4.78, 5) is 13.6. The largest absolute Gasteiger partial charge is 0.532 e. The number of benzene rings is 3. The molecule has 3 aromatic rings. The van der Waals surface area contributed by atoms with Gasteiger partial charge in [0.25, 0.3) is 0 Å². The molecule has 0 aliphatic rings. The third kappa shape index (κ3) is 9.26. The topological polar surface area (TPSA) is 65.0 Å². The molecular weight excluding hydrogens is 579 g/mol. The number of phenols is 1. The van der Waals surface area contributed by atoms with Crippen LogP contribution in [0.5, 0.6) is 17.2 Å². The van der Waals surface area contributed by atoms with E-state index in [1.165, 1.54) is 0 Å². The normalized spacial score (nSPS) is 12.8. The van der Waals surface area contributed by atoms with Crippen molar-refractivity contribution in [3.8, 4) is 17.2 Å². The standard InChI is InChI=1S/C39H55O5P/c1-25-17-15-19-28(36(3,4)5)34(25)43-45(44-35-26(2)18-16-20-29(35)37(6,7)8)42-32(40)22-21-27-23-30(38(9,10)11)33(41)31(24-27)39(12,13)14/h15-20,23-24,41H,21-22H2,1-14H3. The highest BCUT2D eigenvalue weighted by molar-refractivity contribution is 7.43. The lowest BCUT2D eigenvalue weighted by molar-refractivity contribution is -0.134. The first kappa shape index (κ1) is 36.4. The molecule has 0 amide bonds. The Kier molecular flexibility index (Phi) is 10.8. The summed E-state index contributed by atoms with van der Waals surface area (Å²) in [6, 6.07) is 16.2. The Balaban J connectivity index is 1.99. The van der Waals surface area contributed by atoms with Crippen LogP contribution in [0.4, 0.5) is 0 Å². The fourth-order valence-electron chi connectivity index (χ4n) is 5.29. The van der Waals surface area contributed by atoms with E-state index in [0.29, 0.717) is 23.7 Å². The number of aryl methyl sites for hydroxylation is 3. The van der Waals surface area contributed by atoms with Crippen LogP contribution in [0.3, 0.4) is 0 Å². The molecule has 3 rings (SSSR count). The van der Waals surface area contributed by atoms with E-state index >= 15 is 0 Å². The number of hydrogen-bond donors (Lipinski definition) is 1. The van der Waals surface area contributed by atoms with Crippen LogP contribution in [0, 0.1) is 13.8 Å². The van der Waals surface area contributed by atoms with Crippen LogP contribution in [0.1, 0.15) is 128 Å². The molecule has 0 saturated heterocycles. The van der Waals surface area contributed by atoms with E-state index in [9.17, 15) is 9.90 Å². The van der Waals surface area contributed by atoms with Crippen molar-refractivity contribution >= 4 is 14.6 Å². The van der Waals surface area contributed by atoms with E-state index < -0.39 is 14.6 Å². The zero-order chi connectivity index (χ0) is 34.1. The first-order valence-electron chi connectivity index (χ1n) is 15.9. The summed E-state index contributed by atoms with van der Waals surface area (Å²) >= 11 is 0. The highest BCUT2D eigenvalue weighted by Crippen LogP contribution is 2.49. The van der Waals surface area contributed by atoms with Crippen molar-refractivity contribution in [2.75, 3.05) is 0 Å². The summed E-state index contributed by atoms with van der Waals surface area (Å²) in [6.07, 6.45) is 0.604. The summed E-state index contributed by atoms with van der Waals surface area (Å²) in [5.74, 6) is 1.28. The molecule has 3 aromatic carbocycles. The zero-order valence-corrected chi connectivity index (χ0v) is 31.0. The monoisotopic (exact) mass is 634 g/mol. The molecule has 246 valence electrons. The molecule has 1 N–H and O–H groups in total. The van der Waals surface area contributed by atoms with Gasteiger partial charge in [0.1, 0.15) is 17.2 Å². The molecule has 0 spiro atoms. The third-order valence-electron chi connectivity index (χ3n) is 7.95. The SMILES string of the molecule is Cc1cccc(C(C)(C)C)c1OP(OC(=O)CCc1cc(C(C)(C)C)c(O)c(C(C)(C)C)c1)Oc1c(C)cccc1C(C)(C)C. The van der Waals surface area contributed by atoms with Crippen molar-refractivity contribution in [3.05, 3.63) is 87.5 Å². The lowest BCUT2D eigenvalue weighted by atomic mass is 9.78. The Bertz CT molecular complexity index is 1410. The van der Waals surface area contributed by atoms with Gasteiger partial charge < -0.3 is 18.7 Å². The molecule has 0 heterocycles. The first-order valence-corrected chi connectivity index (χ1v) is 17.0. The minimum atomic E-state index is -2.14. The van der Waals surface area contributed by atoms with Crippen LogP contribution in [0.25, 0.3) is 0 Å². The van der Waals surface area contributed by atoms with Gasteiger partial charge in [-0.15, -0.1) is 0 Å². The average Bonchev–Trinajstić information content (AvgIpc) is 2.87. The second-order valence-corrected chi connectivity index (χ2v) is 17.3. The van der Waals surface area contributed by atoms with E-state index in [1.807, 2.05) is 50.2 Å². The summed E-state index contributed by atoms with van der Waals surface area (Å²) in [5, 5.41) is 11.1. The van der Waals surface area contributed by atoms with Gasteiger partial charge in [-0.25, -0.2) is 0 Å². The smallest absolute Gasteiger partial charge is 0.507 e. The molecule has 0 aliphatic heterocycles. The van der Waals surface area contributed by atoms with Crippen LogP contribution in [-0.2, 0) is 37.4 Å². The molecule has 0 aliphatic carbocycles. The van der Waals surface area contributed by atoms with Gasteiger partial charge >= 0.3 is 14.6 Å². The summed E-state index contributed by atoms with van der Waals surface area (Å²) in [6.45, 7) is 29.3. The molecule has 0 fully saturated rings. The molecule has 6 heteroatoms. The fourth-order valence-corrected chi connectivity index (χ4v) is 6.44. The summed E-state index contributed by atoms with van der Waals surface area (Å²) in [5.41, 5.74) is 5.75. The maximum atomic E-state index is 13.6. The fraction of sp³-hybridized carbons (Fsp3) is 0.513. The van der Waals surface area contributed by atoms with Gasteiger partial charge in [-0.05, 0) is 69.7 Å². The quantitative estimate of drug-likeness (QED) is 0.250. The van der Waals surface area contributed by atoms with Gasteiger partial charge in [0.2, 0.25) is 0 Å². The van der Waals surface area contributed by atoms with Gasteiger partial charge in [0.05, 0.1) is 0 Å². The molecule has 45 heavy (non-hydrogen) atoms. The number of carbonyl (C=O) groups excluding carboxylic acids is 1. The molecule has 0 atom stereocenters. The predicted octanol–water partition coefficient (Wildman–Crippen LogP) is 11.1. The molecular formula is C39H55O5P. The summed E-state index contributed by atoms with van der Waals surface area (Å²) < 4.78 is 19.2. The number of aromatic hydroxyl groups is 1. The van der Waals surface area contributed by atoms with Crippen molar-refractivity contribution < 1.29 is 23.5 Å². The van der Waals surface area contributed by atoms with Crippen molar-refractivity contribution in [1.82, 2.24) is 0 Å². The molecule has 0 radical (unpaired) electrons. The lowest BCUT2D eigenvalue weighted by Crippen LogP contribution is -2.18. The zero-order valence-electron chi connectivity index (χ0n) is 30.1. The number of carbonyl (C=O) groups is 1. The number of phenolic OH excluding ortho intramolecular Hbond substituents is 1. The van der Waals surface area contributed by atoms with Gasteiger partial charge in [-0.2, -0.15) is 0 Å². The first-order chi connectivity index (χ1) is 20.5. The third-order valence-corrected chi connectivity index (χ3v) is 8.97. The highest BCUT2D eigenvalue weighted by Gasteiger charge is 2.32. The number of rotatable bonds is 8. The molecule has 5 nitrogen and oxygen atoms in total. The average molecular weight is 635 g/mol. The number of para-hydroxylation sites is 2. The van der Waals surface area contributed by atoms with Gasteiger partial charge in [-0.1, -0.05) is 132 Å². The van der Waals surface area contributed by atoms with Crippen LogP contribution in [0.15, 0.2) is 48.5 Å². The maximum absolute atomic E-state index is 13.6. The van der Waals surface area contributed by atoms with Crippen LogP contribution >= 0.6 is 8.60 Å². The molecule has 0 unspecified atom stereocenters. The Labute approximate surface area is 273 Å². The second-order valence-electron chi connectivity index (χ2n) is 16.3. The second kappa shape index (κ2) is 13.4. The van der Waals surface area contributed by atoms with Crippen molar-refractivity contribution in [3.63, 3.8) is 0 Å². The Morgan fingerprint density at radius 1 is 0.644 bits per heavy atom.